The lowest BCUT2D eigenvalue weighted by Gasteiger charge is -2.14. The number of fused-ring (bicyclic) bond motifs is 1. The maximum absolute atomic E-state index is 12.6. The van der Waals surface area contributed by atoms with Gasteiger partial charge in [0, 0.05) is 54.5 Å². The summed E-state index contributed by atoms with van der Waals surface area (Å²) in [6.45, 7) is 3.30. The number of nitrogens with two attached hydrogens (primary N) is 1. The summed E-state index contributed by atoms with van der Waals surface area (Å²) in [6.07, 6.45) is 2.96. The first-order valence-corrected chi connectivity index (χ1v) is 9.87. The SMILES string of the molecule is NCCCn1ccc2cc(C(=O)NCc3ccc(N4CCNC4=O)cc3)ccc21. The minimum atomic E-state index is -0.107. The van der Waals surface area contributed by atoms with Crippen molar-refractivity contribution in [2.45, 2.75) is 19.5 Å². The maximum Gasteiger partial charge on any atom is 0.321 e. The van der Waals surface area contributed by atoms with Crippen LogP contribution in [0.4, 0.5) is 10.5 Å². The number of carbonyl (C=O) groups is 2. The number of urea groups is 1. The Hall–Kier alpha value is -3.32. The molecule has 1 aromatic heterocycles. The zero-order valence-corrected chi connectivity index (χ0v) is 16.2. The summed E-state index contributed by atoms with van der Waals surface area (Å²) in [5.74, 6) is -0.107. The highest BCUT2D eigenvalue weighted by atomic mass is 16.2. The van der Waals surface area contributed by atoms with Crippen molar-refractivity contribution in [3.8, 4) is 0 Å². The molecule has 0 saturated carbocycles. The number of rotatable bonds is 7. The highest BCUT2D eigenvalue weighted by Crippen LogP contribution is 2.19. The second kappa shape index (κ2) is 8.36. The van der Waals surface area contributed by atoms with Crippen molar-refractivity contribution < 1.29 is 9.59 Å². The fourth-order valence-corrected chi connectivity index (χ4v) is 3.59. The van der Waals surface area contributed by atoms with Crippen LogP contribution in [-0.2, 0) is 13.1 Å². The highest BCUT2D eigenvalue weighted by molar-refractivity contribution is 5.98. The van der Waals surface area contributed by atoms with Gasteiger partial charge in [0.05, 0.1) is 0 Å². The minimum Gasteiger partial charge on any atom is -0.348 e. The summed E-state index contributed by atoms with van der Waals surface area (Å²) >= 11 is 0. The summed E-state index contributed by atoms with van der Waals surface area (Å²) in [4.78, 5) is 26.0. The molecular formula is C22H25N5O2. The molecule has 4 rings (SSSR count). The van der Waals surface area contributed by atoms with E-state index < -0.39 is 0 Å². The normalized spacial score (nSPS) is 13.7. The average molecular weight is 391 g/mol. The van der Waals surface area contributed by atoms with E-state index in [2.05, 4.69) is 15.2 Å². The van der Waals surface area contributed by atoms with Crippen LogP contribution in [0.2, 0.25) is 0 Å². The van der Waals surface area contributed by atoms with Gasteiger partial charge < -0.3 is 20.9 Å². The fourth-order valence-electron chi connectivity index (χ4n) is 3.59. The van der Waals surface area contributed by atoms with Crippen LogP contribution in [0, 0.1) is 0 Å². The second-order valence-corrected chi connectivity index (χ2v) is 7.16. The lowest BCUT2D eigenvalue weighted by Crippen LogP contribution is -2.27. The molecule has 3 aromatic rings. The van der Waals surface area contributed by atoms with Gasteiger partial charge in [-0.3, -0.25) is 9.69 Å². The van der Waals surface area contributed by atoms with E-state index in [9.17, 15) is 9.59 Å². The molecule has 0 aliphatic carbocycles. The largest absolute Gasteiger partial charge is 0.348 e. The van der Waals surface area contributed by atoms with E-state index in [0.29, 0.717) is 31.7 Å². The summed E-state index contributed by atoms with van der Waals surface area (Å²) < 4.78 is 2.16. The molecule has 7 nitrogen and oxygen atoms in total. The molecule has 7 heteroatoms. The predicted molar refractivity (Wildman–Crippen MR) is 114 cm³/mol. The Morgan fingerprint density at radius 1 is 1.14 bits per heavy atom. The van der Waals surface area contributed by atoms with Crippen LogP contribution in [-0.4, -0.2) is 36.1 Å². The molecule has 29 heavy (non-hydrogen) atoms. The zero-order valence-electron chi connectivity index (χ0n) is 16.2. The first kappa shape index (κ1) is 19.0. The van der Waals surface area contributed by atoms with E-state index >= 15 is 0 Å². The quantitative estimate of drug-likeness (QED) is 0.578. The van der Waals surface area contributed by atoms with Gasteiger partial charge in [0.1, 0.15) is 0 Å². The Bertz CT molecular complexity index is 1030. The topological polar surface area (TPSA) is 92.4 Å². The van der Waals surface area contributed by atoms with E-state index in [4.69, 9.17) is 5.73 Å². The van der Waals surface area contributed by atoms with Crippen molar-refractivity contribution in [3.05, 3.63) is 65.9 Å². The van der Waals surface area contributed by atoms with Crippen LogP contribution in [0.25, 0.3) is 10.9 Å². The van der Waals surface area contributed by atoms with Crippen molar-refractivity contribution in [1.29, 1.82) is 0 Å². The predicted octanol–water partition coefficient (Wildman–Crippen LogP) is 2.45. The molecular weight excluding hydrogens is 366 g/mol. The van der Waals surface area contributed by atoms with Crippen LogP contribution in [0.15, 0.2) is 54.7 Å². The number of nitrogens with zero attached hydrogens (tertiary/aromatic N) is 2. The molecule has 1 aliphatic rings. The Morgan fingerprint density at radius 2 is 1.97 bits per heavy atom. The van der Waals surface area contributed by atoms with E-state index in [1.165, 1.54) is 0 Å². The molecule has 3 amide bonds. The van der Waals surface area contributed by atoms with Crippen LogP contribution in [0.5, 0.6) is 0 Å². The van der Waals surface area contributed by atoms with Gasteiger partial charge in [-0.2, -0.15) is 0 Å². The fraction of sp³-hybridized carbons (Fsp3) is 0.273. The van der Waals surface area contributed by atoms with E-state index in [1.807, 2.05) is 54.7 Å². The lowest BCUT2D eigenvalue weighted by molar-refractivity contribution is 0.0951. The van der Waals surface area contributed by atoms with Gasteiger partial charge in [0.25, 0.3) is 5.91 Å². The van der Waals surface area contributed by atoms with Crippen molar-refractivity contribution >= 4 is 28.5 Å². The number of carbonyl (C=O) groups excluding carboxylic acids is 2. The first-order chi connectivity index (χ1) is 14.2. The van der Waals surface area contributed by atoms with Crippen LogP contribution in [0.1, 0.15) is 22.3 Å². The number of hydrogen-bond donors (Lipinski definition) is 3. The Labute approximate surface area is 169 Å². The maximum atomic E-state index is 12.6. The minimum absolute atomic E-state index is 0.0710. The number of aryl methyl sites for hydroxylation is 1. The Kier molecular flexibility index (Phi) is 5.48. The number of nitrogens with one attached hydrogen (secondary N) is 2. The number of hydrogen-bond acceptors (Lipinski definition) is 3. The summed E-state index contributed by atoms with van der Waals surface area (Å²) in [5, 5.41) is 6.80. The van der Waals surface area contributed by atoms with Gasteiger partial charge in [-0.25, -0.2) is 4.79 Å². The monoisotopic (exact) mass is 391 g/mol. The molecule has 4 N–H and O–H groups in total. The summed E-state index contributed by atoms with van der Waals surface area (Å²) in [6, 6.07) is 15.4. The molecule has 0 unspecified atom stereocenters. The lowest BCUT2D eigenvalue weighted by atomic mass is 10.1. The molecule has 2 aromatic carbocycles. The number of aromatic nitrogens is 1. The summed E-state index contributed by atoms with van der Waals surface area (Å²) in [5.41, 5.74) is 9.18. The Balaban J connectivity index is 1.38. The number of anilines is 1. The third-order valence-corrected chi connectivity index (χ3v) is 5.19. The van der Waals surface area contributed by atoms with Crippen molar-refractivity contribution in [2.75, 3.05) is 24.5 Å². The molecule has 150 valence electrons. The molecule has 1 aliphatic heterocycles. The summed E-state index contributed by atoms with van der Waals surface area (Å²) in [7, 11) is 0. The zero-order chi connectivity index (χ0) is 20.2. The van der Waals surface area contributed by atoms with Crippen LogP contribution in [0.3, 0.4) is 0 Å². The smallest absolute Gasteiger partial charge is 0.321 e. The third kappa shape index (κ3) is 4.09. The van der Waals surface area contributed by atoms with E-state index in [-0.39, 0.29) is 11.9 Å². The molecule has 0 radical (unpaired) electrons. The van der Waals surface area contributed by atoms with Gasteiger partial charge in [0.2, 0.25) is 0 Å². The van der Waals surface area contributed by atoms with Crippen LogP contribution < -0.4 is 21.3 Å². The molecule has 2 heterocycles. The average Bonchev–Trinajstić information content (AvgIpc) is 3.36. The Morgan fingerprint density at radius 3 is 2.69 bits per heavy atom. The van der Waals surface area contributed by atoms with Crippen molar-refractivity contribution in [2.24, 2.45) is 5.73 Å². The third-order valence-electron chi connectivity index (χ3n) is 5.19. The van der Waals surface area contributed by atoms with Gasteiger partial charge in [-0.1, -0.05) is 12.1 Å². The van der Waals surface area contributed by atoms with Crippen LogP contribution >= 0.6 is 0 Å². The molecule has 1 saturated heterocycles. The van der Waals surface area contributed by atoms with Gasteiger partial charge in [-0.15, -0.1) is 0 Å². The van der Waals surface area contributed by atoms with Crippen molar-refractivity contribution in [1.82, 2.24) is 15.2 Å². The standard InChI is InChI=1S/C22H25N5O2/c23-9-1-11-26-12-8-17-14-18(4-7-20(17)26)21(28)25-15-16-2-5-19(6-3-16)27-13-10-24-22(27)29/h2-8,12,14H,1,9-11,13,15,23H2,(H,24,29)(H,25,28). The molecule has 0 atom stereocenters. The highest BCUT2D eigenvalue weighted by Gasteiger charge is 2.20. The van der Waals surface area contributed by atoms with Gasteiger partial charge in [0.15, 0.2) is 0 Å². The first-order valence-electron chi connectivity index (χ1n) is 9.87. The molecule has 0 bridgehead atoms. The number of amides is 3. The molecule has 1 fully saturated rings. The van der Waals surface area contributed by atoms with Gasteiger partial charge >= 0.3 is 6.03 Å². The molecule has 0 spiro atoms. The second-order valence-electron chi connectivity index (χ2n) is 7.16. The van der Waals surface area contributed by atoms with Gasteiger partial charge in [-0.05, 0) is 54.9 Å². The van der Waals surface area contributed by atoms with Crippen molar-refractivity contribution in [3.63, 3.8) is 0 Å². The van der Waals surface area contributed by atoms with E-state index in [0.717, 1.165) is 35.1 Å². The van der Waals surface area contributed by atoms with E-state index in [1.54, 1.807) is 4.90 Å². The number of benzene rings is 2.